The van der Waals surface area contributed by atoms with Crippen LogP contribution in [0.1, 0.15) is 34.3 Å². The molecule has 1 aromatic rings. The van der Waals surface area contributed by atoms with Crippen LogP contribution in [0.2, 0.25) is 0 Å². The minimum atomic E-state index is -5.06. The smallest absolute Gasteiger partial charge is 0.381 e. The summed E-state index contributed by atoms with van der Waals surface area (Å²) in [5, 5.41) is 2.22. The molecule has 0 saturated carbocycles. The van der Waals surface area contributed by atoms with E-state index in [0.29, 0.717) is 12.1 Å². The largest absolute Gasteiger partial charge is 0.416 e. The summed E-state index contributed by atoms with van der Waals surface area (Å²) in [5.41, 5.74) is 0.168. The quantitative estimate of drug-likeness (QED) is 0.766. The molecular weight excluding hydrogens is 382 g/mol. The van der Waals surface area contributed by atoms with Crippen molar-refractivity contribution < 1.29 is 40.7 Å². The summed E-state index contributed by atoms with van der Waals surface area (Å²) in [7, 11) is 0. The van der Waals surface area contributed by atoms with Gasteiger partial charge in [-0.05, 0) is 31.0 Å². The number of halogens is 6. The number of hydrogen-bond donors (Lipinski definition) is 2. The van der Waals surface area contributed by atoms with Crippen LogP contribution in [0, 0.1) is 5.41 Å². The Labute approximate surface area is 149 Å². The molecule has 1 fully saturated rings. The molecule has 0 spiro atoms. The van der Waals surface area contributed by atoms with Crippen LogP contribution in [0.3, 0.4) is 0 Å². The highest BCUT2D eigenvalue weighted by atomic mass is 19.4. The number of benzene rings is 1. The van der Waals surface area contributed by atoms with Gasteiger partial charge in [-0.1, -0.05) is 0 Å². The van der Waals surface area contributed by atoms with Crippen molar-refractivity contribution in [2.24, 2.45) is 11.1 Å². The van der Waals surface area contributed by atoms with Crippen LogP contribution < -0.4 is 11.1 Å². The molecular formula is C16H16F6N2O3. The monoisotopic (exact) mass is 398 g/mol. The van der Waals surface area contributed by atoms with E-state index in [1.54, 1.807) is 0 Å². The fourth-order valence-corrected chi connectivity index (χ4v) is 2.71. The van der Waals surface area contributed by atoms with Gasteiger partial charge in [0, 0.05) is 25.3 Å². The second-order valence-corrected chi connectivity index (χ2v) is 6.23. The first-order chi connectivity index (χ1) is 12.3. The lowest BCUT2D eigenvalue weighted by Crippen LogP contribution is -2.49. The molecule has 2 amide bonds. The first-order valence-electron chi connectivity index (χ1n) is 7.80. The summed E-state index contributed by atoms with van der Waals surface area (Å²) in [4.78, 5) is 23.9. The summed E-state index contributed by atoms with van der Waals surface area (Å²) in [6.07, 6.45) is -9.77. The molecule has 2 rings (SSSR count). The Morgan fingerprint density at radius 2 is 1.48 bits per heavy atom. The van der Waals surface area contributed by atoms with Gasteiger partial charge in [0.15, 0.2) is 0 Å². The van der Waals surface area contributed by atoms with Gasteiger partial charge in [0.1, 0.15) is 0 Å². The van der Waals surface area contributed by atoms with Gasteiger partial charge < -0.3 is 15.8 Å². The molecule has 1 saturated heterocycles. The third-order valence-corrected chi connectivity index (χ3v) is 4.41. The van der Waals surface area contributed by atoms with E-state index < -0.39 is 46.3 Å². The fraction of sp³-hybridized carbons (Fsp3) is 0.500. The van der Waals surface area contributed by atoms with E-state index >= 15 is 0 Å². The maximum absolute atomic E-state index is 12.9. The predicted molar refractivity (Wildman–Crippen MR) is 80.5 cm³/mol. The van der Waals surface area contributed by atoms with Crippen LogP contribution in [0.5, 0.6) is 0 Å². The van der Waals surface area contributed by atoms with E-state index in [0.717, 1.165) is 0 Å². The van der Waals surface area contributed by atoms with E-state index in [4.69, 9.17) is 10.5 Å². The van der Waals surface area contributed by atoms with Crippen molar-refractivity contribution in [1.29, 1.82) is 0 Å². The van der Waals surface area contributed by atoms with Crippen LogP contribution in [0.15, 0.2) is 18.2 Å². The molecule has 3 N–H and O–H groups in total. The molecule has 5 nitrogen and oxygen atoms in total. The average molecular weight is 398 g/mol. The average Bonchev–Trinajstić information content (AvgIpc) is 2.58. The molecule has 0 aliphatic carbocycles. The highest BCUT2D eigenvalue weighted by Gasteiger charge is 2.40. The Hall–Kier alpha value is -2.30. The number of nitrogens with one attached hydrogen (secondary N) is 1. The van der Waals surface area contributed by atoms with Gasteiger partial charge >= 0.3 is 12.4 Å². The van der Waals surface area contributed by atoms with Gasteiger partial charge in [-0.25, -0.2) is 0 Å². The number of ether oxygens (including phenoxy) is 1. The van der Waals surface area contributed by atoms with Crippen LogP contribution in [-0.4, -0.2) is 31.6 Å². The molecule has 0 bridgehead atoms. The van der Waals surface area contributed by atoms with Crippen LogP contribution >= 0.6 is 0 Å². The Morgan fingerprint density at radius 3 is 1.89 bits per heavy atom. The third-order valence-electron chi connectivity index (χ3n) is 4.41. The first kappa shape index (κ1) is 21.0. The number of rotatable bonds is 4. The van der Waals surface area contributed by atoms with Gasteiger partial charge in [-0.3, -0.25) is 9.59 Å². The van der Waals surface area contributed by atoms with Crippen molar-refractivity contribution in [2.45, 2.75) is 25.2 Å². The highest BCUT2D eigenvalue weighted by Crippen LogP contribution is 2.36. The first-order valence-corrected chi connectivity index (χ1v) is 7.80. The molecule has 11 heteroatoms. The van der Waals surface area contributed by atoms with Gasteiger partial charge in [-0.2, -0.15) is 26.3 Å². The van der Waals surface area contributed by atoms with Gasteiger partial charge in [0.05, 0.1) is 16.5 Å². The molecule has 0 radical (unpaired) electrons. The van der Waals surface area contributed by atoms with Crippen molar-refractivity contribution >= 4 is 11.8 Å². The number of primary amides is 1. The summed E-state index contributed by atoms with van der Waals surface area (Å²) in [6, 6.07) is 0.581. The number of amides is 2. The van der Waals surface area contributed by atoms with Crippen molar-refractivity contribution in [1.82, 2.24) is 5.32 Å². The second kappa shape index (κ2) is 7.37. The van der Waals surface area contributed by atoms with Crippen LogP contribution in [0.25, 0.3) is 0 Å². The predicted octanol–water partition coefficient (Wildman–Crippen LogP) is 2.74. The van der Waals surface area contributed by atoms with E-state index in [2.05, 4.69) is 5.32 Å². The lowest BCUT2D eigenvalue weighted by molar-refractivity contribution is -0.143. The fourth-order valence-electron chi connectivity index (χ4n) is 2.71. The number of alkyl halides is 6. The number of hydrogen-bond acceptors (Lipinski definition) is 3. The molecule has 150 valence electrons. The lowest BCUT2D eigenvalue weighted by Gasteiger charge is -2.34. The van der Waals surface area contributed by atoms with Crippen molar-refractivity contribution in [3.63, 3.8) is 0 Å². The van der Waals surface area contributed by atoms with E-state index in [1.807, 2.05) is 0 Å². The van der Waals surface area contributed by atoms with Crippen molar-refractivity contribution in [2.75, 3.05) is 19.8 Å². The number of carbonyl (C=O) groups is 2. The van der Waals surface area contributed by atoms with Crippen LogP contribution in [-0.2, 0) is 21.9 Å². The van der Waals surface area contributed by atoms with E-state index in [9.17, 15) is 35.9 Å². The topological polar surface area (TPSA) is 81.4 Å². The minimum absolute atomic E-state index is 0.0693. The Morgan fingerprint density at radius 1 is 1.00 bits per heavy atom. The summed E-state index contributed by atoms with van der Waals surface area (Å²) < 4.78 is 82.3. The van der Waals surface area contributed by atoms with Gasteiger partial charge in [0.2, 0.25) is 5.91 Å². The van der Waals surface area contributed by atoms with Crippen molar-refractivity contribution in [3.8, 4) is 0 Å². The molecule has 1 aromatic carbocycles. The maximum Gasteiger partial charge on any atom is 0.416 e. The SMILES string of the molecule is NC(=O)C1(CNC(=O)c2cc(C(F)(F)F)cc(C(F)(F)F)c2)CCOCC1. The van der Waals surface area contributed by atoms with Gasteiger partial charge in [0.25, 0.3) is 5.91 Å². The third kappa shape index (κ3) is 4.90. The molecule has 0 atom stereocenters. The van der Waals surface area contributed by atoms with E-state index in [-0.39, 0.29) is 38.7 Å². The molecule has 0 aromatic heterocycles. The van der Waals surface area contributed by atoms with Crippen LogP contribution in [0.4, 0.5) is 26.3 Å². The second-order valence-electron chi connectivity index (χ2n) is 6.23. The summed E-state index contributed by atoms with van der Waals surface area (Å²) in [6.45, 7) is 0.0727. The molecule has 0 unspecified atom stereocenters. The Kier molecular flexibility index (Phi) is 5.74. The summed E-state index contributed by atoms with van der Waals surface area (Å²) >= 11 is 0. The maximum atomic E-state index is 12.9. The zero-order chi connectivity index (χ0) is 20.5. The highest BCUT2D eigenvalue weighted by molar-refractivity contribution is 5.95. The zero-order valence-electron chi connectivity index (χ0n) is 13.8. The summed E-state index contributed by atoms with van der Waals surface area (Å²) in [5.74, 6) is -1.90. The molecule has 1 aliphatic rings. The Balaban J connectivity index is 2.28. The normalized spacial score (nSPS) is 17.4. The lowest BCUT2D eigenvalue weighted by atomic mass is 9.79. The molecule has 27 heavy (non-hydrogen) atoms. The Bertz CT molecular complexity index is 692. The van der Waals surface area contributed by atoms with Gasteiger partial charge in [-0.15, -0.1) is 0 Å². The standard InChI is InChI=1S/C16H16F6N2O3/c17-15(18,19)10-5-9(6-11(7-10)16(20,21)22)12(25)24-8-14(13(23)26)1-3-27-4-2-14/h5-7H,1-4,8H2,(H2,23,26)(H,24,25). The zero-order valence-corrected chi connectivity index (χ0v) is 13.8. The molecule has 1 aliphatic heterocycles. The number of nitrogens with two attached hydrogens (primary N) is 1. The molecule has 1 heterocycles. The minimum Gasteiger partial charge on any atom is -0.381 e. The number of carbonyl (C=O) groups excluding carboxylic acids is 2. The van der Waals surface area contributed by atoms with Crippen molar-refractivity contribution in [3.05, 3.63) is 34.9 Å². The van der Waals surface area contributed by atoms with E-state index in [1.165, 1.54) is 0 Å².